The molecule has 0 saturated carbocycles. The molecule has 2 N–H and O–H groups in total. The Balaban J connectivity index is 1.63. The molecule has 1 aliphatic heterocycles. The van der Waals surface area contributed by atoms with Crippen LogP contribution in [0.1, 0.15) is 17.0 Å². The van der Waals surface area contributed by atoms with Gasteiger partial charge in [0.05, 0.1) is 10.5 Å². The van der Waals surface area contributed by atoms with Gasteiger partial charge in [-0.25, -0.2) is 5.43 Å². The summed E-state index contributed by atoms with van der Waals surface area (Å²) < 4.78 is 0. The molecule has 3 rings (SSSR count). The lowest BCUT2D eigenvalue weighted by Gasteiger charge is -2.15. The number of nitro benzene ring substituents is 1. The molecule has 1 fully saturated rings. The number of hydrogen-bond donors (Lipinski definition) is 2. The molecule has 2 aromatic carbocycles. The van der Waals surface area contributed by atoms with Crippen molar-refractivity contribution in [2.24, 2.45) is 11.0 Å². The number of rotatable bonds is 6. The Labute approximate surface area is 161 Å². The van der Waals surface area contributed by atoms with Gasteiger partial charge in [-0.15, -0.1) is 0 Å². The lowest BCUT2D eigenvalue weighted by Crippen LogP contribution is -2.34. The number of hydrogen-bond acceptors (Lipinski definition) is 5. The minimum atomic E-state index is -0.862. The predicted octanol–water partition coefficient (Wildman–Crippen LogP) is 2.24. The maximum atomic E-state index is 12.4. The second-order valence-corrected chi connectivity index (χ2v) is 6.17. The van der Waals surface area contributed by atoms with Gasteiger partial charge in [-0.05, 0) is 23.8 Å². The Morgan fingerprint density at radius 3 is 2.64 bits per heavy atom. The normalized spacial score (nSPS) is 19.1. The van der Waals surface area contributed by atoms with Crippen LogP contribution >= 0.6 is 0 Å². The minimum Gasteiger partial charge on any atom is -0.355 e. The highest BCUT2D eigenvalue weighted by Crippen LogP contribution is 2.29. The molecule has 0 radical (unpaired) electrons. The topological polar surface area (TPSA) is 114 Å². The first kappa shape index (κ1) is 19.0. The Morgan fingerprint density at radius 1 is 1.18 bits per heavy atom. The molecule has 1 saturated heterocycles. The number of nitrogens with one attached hydrogen (secondary N) is 2. The summed E-state index contributed by atoms with van der Waals surface area (Å²) in [6.07, 6.45) is 4.30. The molecule has 1 heterocycles. The molecule has 1 aliphatic rings. The maximum absolute atomic E-state index is 12.4. The highest BCUT2D eigenvalue weighted by atomic mass is 16.6. The third kappa shape index (κ3) is 4.29. The minimum absolute atomic E-state index is 0.0236. The van der Waals surface area contributed by atoms with E-state index < -0.39 is 16.7 Å². The van der Waals surface area contributed by atoms with Gasteiger partial charge in [0.1, 0.15) is 5.92 Å². The zero-order valence-electron chi connectivity index (χ0n) is 14.8. The van der Waals surface area contributed by atoms with Gasteiger partial charge in [0, 0.05) is 24.7 Å². The van der Waals surface area contributed by atoms with Crippen molar-refractivity contribution in [1.29, 1.82) is 0 Å². The first-order chi connectivity index (χ1) is 13.6. The van der Waals surface area contributed by atoms with Crippen molar-refractivity contribution in [2.75, 3.05) is 6.54 Å². The molecule has 2 amide bonds. The van der Waals surface area contributed by atoms with Crippen LogP contribution in [0.15, 0.2) is 65.8 Å². The van der Waals surface area contributed by atoms with Gasteiger partial charge in [-0.3, -0.25) is 19.7 Å². The summed E-state index contributed by atoms with van der Waals surface area (Å²) in [5, 5.41) is 17.5. The number of carbonyl (C=O) groups excluding carboxylic acids is 2. The number of nitro groups is 1. The Morgan fingerprint density at radius 2 is 1.89 bits per heavy atom. The standard InChI is InChI=1S/C20H18N4O4/c25-19-18(16(13-21-19)14-7-2-1-3-8-14)20(26)23-22-12-6-10-15-9-4-5-11-17(15)24(27)28/h1-12,16,18H,13H2,(H,21,25)(H,23,26)/b10-6-,22-12-. The number of amides is 2. The molecule has 2 atom stereocenters. The van der Waals surface area contributed by atoms with Crippen LogP contribution in [0, 0.1) is 16.0 Å². The van der Waals surface area contributed by atoms with E-state index >= 15 is 0 Å². The number of benzene rings is 2. The molecule has 142 valence electrons. The van der Waals surface area contributed by atoms with Crippen molar-refractivity contribution in [3.05, 3.63) is 81.9 Å². The summed E-state index contributed by atoms with van der Waals surface area (Å²) in [5.41, 5.74) is 3.66. The highest BCUT2D eigenvalue weighted by Gasteiger charge is 2.40. The van der Waals surface area contributed by atoms with Crippen molar-refractivity contribution < 1.29 is 14.5 Å². The van der Waals surface area contributed by atoms with Gasteiger partial charge in [0.25, 0.3) is 11.6 Å². The van der Waals surface area contributed by atoms with Gasteiger partial charge in [-0.2, -0.15) is 5.10 Å². The quantitative estimate of drug-likeness (QED) is 0.347. The molecular weight excluding hydrogens is 360 g/mol. The number of hydrazone groups is 1. The van der Waals surface area contributed by atoms with Crippen molar-refractivity contribution in [1.82, 2.24) is 10.7 Å². The van der Waals surface area contributed by atoms with Gasteiger partial charge in [-0.1, -0.05) is 42.5 Å². The van der Waals surface area contributed by atoms with E-state index in [2.05, 4.69) is 15.8 Å². The smallest absolute Gasteiger partial charge is 0.276 e. The molecule has 8 nitrogen and oxygen atoms in total. The van der Waals surface area contributed by atoms with Crippen LogP contribution in [0.4, 0.5) is 5.69 Å². The number of nitrogens with zero attached hydrogens (tertiary/aromatic N) is 2. The van der Waals surface area contributed by atoms with E-state index in [9.17, 15) is 19.7 Å². The molecule has 2 aromatic rings. The average Bonchev–Trinajstić information content (AvgIpc) is 3.10. The number of allylic oxidation sites excluding steroid dienone is 1. The van der Waals surface area contributed by atoms with Crippen LogP contribution in [0.3, 0.4) is 0 Å². The summed E-state index contributed by atoms with van der Waals surface area (Å²) in [4.78, 5) is 35.0. The first-order valence-electron chi connectivity index (χ1n) is 8.63. The van der Waals surface area contributed by atoms with Crippen molar-refractivity contribution in [2.45, 2.75) is 5.92 Å². The molecule has 28 heavy (non-hydrogen) atoms. The SMILES string of the molecule is O=C1NCC(c2ccccc2)C1C(=O)N/N=C\C=C/c1ccccc1[N+](=O)[O-]. The van der Waals surface area contributed by atoms with Crippen molar-refractivity contribution in [3.63, 3.8) is 0 Å². The van der Waals surface area contributed by atoms with E-state index in [1.807, 2.05) is 30.3 Å². The summed E-state index contributed by atoms with van der Waals surface area (Å²) in [5.74, 6) is -1.96. The second-order valence-electron chi connectivity index (χ2n) is 6.17. The first-order valence-corrected chi connectivity index (χ1v) is 8.63. The second kappa shape index (κ2) is 8.72. The van der Waals surface area contributed by atoms with E-state index in [0.29, 0.717) is 12.1 Å². The average molecular weight is 378 g/mol. The summed E-state index contributed by atoms with van der Waals surface area (Å²) >= 11 is 0. The molecule has 0 spiro atoms. The summed E-state index contributed by atoms with van der Waals surface area (Å²) in [6.45, 7) is 0.391. The monoisotopic (exact) mass is 378 g/mol. The Hall–Kier alpha value is -3.81. The van der Waals surface area contributed by atoms with Gasteiger partial charge >= 0.3 is 0 Å². The fourth-order valence-electron chi connectivity index (χ4n) is 3.09. The van der Waals surface area contributed by atoms with Crippen LogP contribution < -0.4 is 10.7 Å². The highest BCUT2D eigenvalue weighted by molar-refractivity contribution is 6.03. The number of para-hydroxylation sites is 1. The van der Waals surface area contributed by atoms with Gasteiger partial charge in [0.15, 0.2) is 0 Å². The molecule has 0 aromatic heterocycles. The Bertz CT molecular complexity index is 940. The summed E-state index contributed by atoms with van der Waals surface area (Å²) in [7, 11) is 0. The molecule has 0 aliphatic carbocycles. The van der Waals surface area contributed by atoms with Crippen LogP contribution in [-0.2, 0) is 9.59 Å². The van der Waals surface area contributed by atoms with E-state index in [-0.39, 0.29) is 17.5 Å². The van der Waals surface area contributed by atoms with E-state index in [1.54, 1.807) is 18.2 Å². The third-order valence-corrected chi connectivity index (χ3v) is 4.44. The fraction of sp³-hybridized carbons (Fsp3) is 0.150. The van der Waals surface area contributed by atoms with E-state index in [0.717, 1.165) is 5.56 Å². The lowest BCUT2D eigenvalue weighted by atomic mass is 9.88. The van der Waals surface area contributed by atoms with Crippen LogP contribution in [-0.4, -0.2) is 29.5 Å². The summed E-state index contributed by atoms with van der Waals surface area (Å²) in [6, 6.07) is 15.6. The van der Waals surface area contributed by atoms with Crippen molar-refractivity contribution in [3.8, 4) is 0 Å². The lowest BCUT2D eigenvalue weighted by molar-refractivity contribution is -0.385. The maximum Gasteiger partial charge on any atom is 0.276 e. The van der Waals surface area contributed by atoms with Crippen LogP contribution in [0.2, 0.25) is 0 Å². The predicted molar refractivity (Wildman–Crippen MR) is 104 cm³/mol. The van der Waals surface area contributed by atoms with E-state index in [4.69, 9.17) is 0 Å². The molecular formula is C20H18N4O4. The third-order valence-electron chi connectivity index (χ3n) is 4.44. The molecule has 0 bridgehead atoms. The van der Waals surface area contributed by atoms with Crippen LogP contribution in [0.5, 0.6) is 0 Å². The van der Waals surface area contributed by atoms with Gasteiger partial charge < -0.3 is 5.32 Å². The zero-order valence-corrected chi connectivity index (χ0v) is 14.8. The number of carbonyl (C=O) groups is 2. The largest absolute Gasteiger partial charge is 0.355 e. The van der Waals surface area contributed by atoms with Gasteiger partial charge in [0.2, 0.25) is 5.91 Å². The molecule has 2 unspecified atom stereocenters. The Kier molecular flexibility index (Phi) is 5.91. The van der Waals surface area contributed by atoms with Crippen LogP contribution in [0.25, 0.3) is 6.08 Å². The van der Waals surface area contributed by atoms with E-state index in [1.165, 1.54) is 24.4 Å². The molecule has 8 heteroatoms. The van der Waals surface area contributed by atoms with Crippen molar-refractivity contribution >= 4 is 29.8 Å². The fourth-order valence-corrected chi connectivity index (χ4v) is 3.09. The zero-order chi connectivity index (χ0) is 19.9.